The number of fused-ring (bicyclic) bond motifs is 2. The van der Waals surface area contributed by atoms with E-state index in [2.05, 4.69) is 15.4 Å². The van der Waals surface area contributed by atoms with E-state index in [1.54, 1.807) is 11.8 Å². The molecule has 0 unspecified atom stereocenters. The molecule has 2 aliphatic rings. The molecule has 0 amide bonds. The Balaban J connectivity index is 2.35. The molecule has 1 aromatic rings. The fourth-order valence-corrected chi connectivity index (χ4v) is 2.32. The van der Waals surface area contributed by atoms with Gasteiger partial charge < -0.3 is 0 Å². The predicted molar refractivity (Wildman–Crippen MR) is 59.7 cm³/mol. The standard InChI is InChI=1S/C11H8N2S/c1-2-4-9-8(3-1)5-12-10-6-14-7-11(10)13-9/h1-5,7H,6H2. The van der Waals surface area contributed by atoms with Gasteiger partial charge in [-0.05, 0) is 11.5 Å². The van der Waals surface area contributed by atoms with Crippen LogP contribution in [0.25, 0.3) is 6.20 Å². The molecule has 0 saturated carbocycles. The lowest BCUT2D eigenvalue weighted by molar-refractivity contribution is 1.28. The average Bonchev–Trinajstić information content (AvgIpc) is 2.58. The first kappa shape index (κ1) is 8.00. The molecule has 1 aromatic carbocycles. The molecule has 14 heavy (non-hydrogen) atoms. The van der Waals surface area contributed by atoms with Crippen LogP contribution in [0.5, 0.6) is 0 Å². The Morgan fingerprint density at radius 2 is 2.14 bits per heavy atom. The smallest absolute Gasteiger partial charge is 0.0923 e. The van der Waals surface area contributed by atoms with E-state index in [1.807, 2.05) is 30.5 Å². The lowest BCUT2D eigenvalue weighted by atomic mass is 10.3. The van der Waals surface area contributed by atoms with E-state index >= 15 is 0 Å². The molecule has 2 aliphatic heterocycles. The molecule has 0 aromatic heterocycles. The second kappa shape index (κ2) is 3.10. The first-order chi connectivity index (χ1) is 6.93. The lowest BCUT2D eigenvalue weighted by Crippen LogP contribution is -2.23. The van der Waals surface area contributed by atoms with Gasteiger partial charge in [0.2, 0.25) is 0 Å². The number of hydrogen-bond donors (Lipinski definition) is 0. The summed E-state index contributed by atoms with van der Waals surface area (Å²) in [5.41, 5.74) is 2.11. The van der Waals surface area contributed by atoms with Crippen LogP contribution in [0, 0.1) is 0 Å². The largest absolute Gasteiger partial charge is 0.257 e. The Bertz CT molecular complexity index is 555. The highest BCUT2D eigenvalue weighted by Crippen LogP contribution is 2.20. The van der Waals surface area contributed by atoms with Crippen molar-refractivity contribution in [2.24, 2.45) is 9.98 Å². The van der Waals surface area contributed by atoms with E-state index in [-0.39, 0.29) is 0 Å². The van der Waals surface area contributed by atoms with Crippen molar-refractivity contribution in [3.8, 4) is 0 Å². The molecule has 0 spiro atoms. The first-order valence-electron chi connectivity index (χ1n) is 4.46. The topological polar surface area (TPSA) is 24.7 Å². The van der Waals surface area contributed by atoms with Crippen molar-refractivity contribution in [1.82, 2.24) is 0 Å². The van der Waals surface area contributed by atoms with Crippen molar-refractivity contribution in [2.45, 2.75) is 0 Å². The highest BCUT2D eigenvalue weighted by molar-refractivity contribution is 8.03. The maximum atomic E-state index is 4.58. The minimum Gasteiger partial charge on any atom is -0.257 e. The highest BCUT2D eigenvalue weighted by Gasteiger charge is 2.13. The summed E-state index contributed by atoms with van der Waals surface area (Å²) in [6.45, 7) is 0. The summed E-state index contributed by atoms with van der Waals surface area (Å²) < 4.78 is 0. The number of hydrogen-bond acceptors (Lipinski definition) is 3. The third kappa shape index (κ3) is 1.21. The summed E-state index contributed by atoms with van der Waals surface area (Å²) in [5, 5.41) is 4.19. The quantitative estimate of drug-likeness (QED) is 0.615. The minimum atomic E-state index is 0.948. The second-order valence-electron chi connectivity index (χ2n) is 3.19. The number of nitrogens with zero attached hydrogens (tertiary/aromatic N) is 2. The monoisotopic (exact) mass is 200 g/mol. The van der Waals surface area contributed by atoms with Gasteiger partial charge in [-0.15, -0.1) is 11.8 Å². The summed E-state index contributed by atoms with van der Waals surface area (Å²) in [5.74, 6) is 0.948. The van der Waals surface area contributed by atoms with Gasteiger partial charge >= 0.3 is 0 Å². The molecule has 0 N–H and O–H groups in total. The molecular weight excluding hydrogens is 192 g/mol. The zero-order chi connectivity index (χ0) is 9.38. The van der Waals surface area contributed by atoms with E-state index in [0.29, 0.717) is 0 Å². The maximum Gasteiger partial charge on any atom is 0.0923 e. The molecular formula is C11H8N2S. The molecule has 0 atom stereocenters. The van der Waals surface area contributed by atoms with Crippen molar-refractivity contribution in [3.63, 3.8) is 0 Å². The van der Waals surface area contributed by atoms with Crippen LogP contribution >= 0.6 is 11.8 Å². The zero-order valence-electron chi connectivity index (χ0n) is 7.47. The third-order valence-corrected chi connectivity index (χ3v) is 3.08. The van der Waals surface area contributed by atoms with E-state index in [4.69, 9.17) is 0 Å². The summed E-state index contributed by atoms with van der Waals surface area (Å²) >= 11 is 1.76. The SMILES string of the molecule is C1=C2N=c3ccccc3=CN=C2CS1. The van der Waals surface area contributed by atoms with E-state index < -0.39 is 0 Å². The molecule has 3 rings (SSSR count). The van der Waals surface area contributed by atoms with Crippen LogP contribution in [-0.2, 0) is 0 Å². The number of para-hydroxylation sites is 1. The fraction of sp³-hybridized carbons (Fsp3) is 0.0909. The minimum absolute atomic E-state index is 0.948. The normalized spacial score (nSPS) is 18.0. The Hall–Kier alpha value is -1.35. The molecule has 0 saturated heterocycles. The van der Waals surface area contributed by atoms with Crippen molar-refractivity contribution in [3.05, 3.63) is 45.9 Å². The first-order valence-corrected chi connectivity index (χ1v) is 5.51. The Morgan fingerprint density at radius 1 is 1.21 bits per heavy atom. The van der Waals surface area contributed by atoms with Gasteiger partial charge in [-0.1, -0.05) is 18.2 Å². The van der Waals surface area contributed by atoms with Crippen LogP contribution in [0.3, 0.4) is 0 Å². The van der Waals surface area contributed by atoms with Crippen LogP contribution in [0.15, 0.2) is 45.4 Å². The Kier molecular flexibility index (Phi) is 1.77. The molecule has 2 nitrogen and oxygen atoms in total. The van der Waals surface area contributed by atoms with E-state index in [9.17, 15) is 0 Å². The van der Waals surface area contributed by atoms with Crippen molar-refractivity contribution < 1.29 is 0 Å². The van der Waals surface area contributed by atoms with Gasteiger partial charge in [0.25, 0.3) is 0 Å². The van der Waals surface area contributed by atoms with Gasteiger partial charge in [0, 0.05) is 17.2 Å². The number of thioether (sulfide) groups is 1. The molecule has 0 fully saturated rings. The lowest BCUT2D eigenvalue weighted by Gasteiger charge is -1.91. The van der Waals surface area contributed by atoms with Crippen molar-refractivity contribution >= 4 is 23.7 Å². The Labute approximate surface area is 85.8 Å². The van der Waals surface area contributed by atoms with Crippen LogP contribution in [0.1, 0.15) is 0 Å². The molecule has 3 heteroatoms. The molecule has 68 valence electrons. The van der Waals surface area contributed by atoms with Gasteiger partial charge in [-0.25, -0.2) is 4.99 Å². The van der Waals surface area contributed by atoms with Gasteiger partial charge in [0.15, 0.2) is 0 Å². The predicted octanol–water partition coefficient (Wildman–Crippen LogP) is 1.09. The van der Waals surface area contributed by atoms with Crippen molar-refractivity contribution in [2.75, 3.05) is 5.75 Å². The van der Waals surface area contributed by atoms with Crippen LogP contribution < -0.4 is 10.6 Å². The summed E-state index contributed by atoms with van der Waals surface area (Å²) in [4.78, 5) is 9.01. The second-order valence-corrected chi connectivity index (χ2v) is 4.05. The van der Waals surface area contributed by atoms with Crippen LogP contribution in [0.4, 0.5) is 0 Å². The van der Waals surface area contributed by atoms with E-state index in [0.717, 1.165) is 27.7 Å². The summed E-state index contributed by atoms with van der Waals surface area (Å²) in [7, 11) is 0. The number of allylic oxidation sites excluding steroid dienone is 1. The maximum absolute atomic E-state index is 4.58. The van der Waals surface area contributed by atoms with Gasteiger partial charge in [-0.2, -0.15) is 0 Å². The van der Waals surface area contributed by atoms with E-state index in [1.165, 1.54) is 0 Å². The highest BCUT2D eigenvalue weighted by atomic mass is 32.2. The van der Waals surface area contributed by atoms with Crippen molar-refractivity contribution in [1.29, 1.82) is 0 Å². The average molecular weight is 200 g/mol. The van der Waals surface area contributed by atoms with Crippen LogP contribution in [0.2, 0.25) is 0 Å². The summed E-state index contributed by atoms with van der Waals surface area (Å²) in [6.07, 6.45) is 1.90. The number of benzene rings is 1. The summed E-state index contributed by atoms with van der Waals surface area (Å²) in [6, 6.07) is 8.07. The third-order valence-electron chi connectivity index (χ3n) is 2.25. The van der Waals surface area contributed by atoms with Gasteiger partial charge in [0.1, 0.15) is 0 Å². The van der Waals surface area contributed by atoms with Gasteiger partial charge in [0.05, 0.1) is 16.8 Å². The van der Waals surface area contributed by atoms with Gasteiger partial charge in [-0.3, -0.25) is 4.99 Å². The van der Waals surface area contributed by atoms with Crippen LogP contribution in [-0.4, -0.2) is 11.5 Å². The Morgan fingerprint density at radius 3 is 3.14 bits per heavy atom. The molecule has 0 bridgehead atoms. The number of rotatable bonds is 0. The molecule has 0 aliphatic carbocycles. The zero-order valence-corrected chi connectivity index (χ0v) is 8.29. The number of aliphatic imine (C=N–C) groups is 1. The fourth-order valence-electron chi connectivity index (χ4n) is 1.51. The molecule has 2 heterocycles. The molecule has 0 radical (unpaired) electrons.